The lowest BCUT2D eigenvalue weighted by Gasteiger charge is -2.14. The van der Waals surface area contributed by atoms with Gasteiger partial charge in [-0.1, -0.05) is 48.0 Å². The Morgan fingerprint density at radius 3 is 2.55 bits per heavy atom. The summed E-state index contributed by atoms with van der Waals surface area (Å²) in [5.41, 5.74) is 3.50. The van der Waals surface area contributed by atoms with E-state index in [4.69, 9.17) is 25.8 Å². The molecular formula is C25H18ClNO5S. The Morgan fingerprint density at radius 2 is 1.79 bits per heavy atom. The van der Waals surface area contributed by atoms with Crippen LogP contribution in [0.5, 0.6) is 17.2 Å². The number of ether oxygens (including phenoxy) is 3. The van der Waals surface area contributed by atoms with Gasteiger partial charge in [-0.15, -0.1) is 0 Å². The van der Waals surface area contributed by atoms with Gasteiger partial charge < -0.3 is 14.2 Å². The number of methoxy groups -OCH3 is 1. The first-order valence-electron chi connectivity index (χ1n) is 10.1. The Labute approximate surface area is 199 Å². The minimum absolute atomic E-state index is 0.0618. The molecule has 0 aliphatic carbocycles. The fourth-order valence-electron chi connectivity index (χ4n) is 3.61. The third kappa shape index (κ3) is 4.29. The number of carbonyl (C=O) groups is 2. The van der Waals surface area contributed by atoms with Crippen LogP contribution in [0.3, 0.4) is 0 Å². The molecule has 1 fully saturated rings. The third-order valence-corrected chi connectivity index (χ3v) is 6.61. The molecule has 5 rings (SSSR count). The molecule has 0 atom stereocenters. The van der Waals surface area contributed by atoms with E-state index in [2.05, 4.69) is 0 Å². The minimum atomic E-state index is -0.351. The zero-order valence-corrected chi connectivity index (χ0v) is 19.1. The fourth-order valence-corrected chi connectivity index (χ4v) is 4.66. The summed E-state index contributed by atoms with van der Waals surface area (Å²) in [6.45, 7) is 0.183. The van der Waals surface area contributed by atoms with Gasteiger partial charge in [-0.2, -0.15) is 0 Å². The average molecular weight is 480 g/mol. The van der Waals surface area contributed by atoms with E-state index in [-0.39, 0.29) is 24.5 Å². The van der Waals surface area contributed by atoms with Crippen molar-refractivity contribution in [1.29, 1.82) is 0 Å². The zero-order chi connectivity index (χ0) is 22.9. The number of carbonyl (C=O) groups excluding carboxylic acids is 2. The number of benzene rings is 3. The number of nitrogens with zero attached hydrogens (tertiary/aromatic N) is 1. The van der Waals surface area contributed by atoms with Crippen LogP contribution in [0.4, 0.5) is 4.79 Å². The van der Waals surface area contributed by atoms with E-state index < -0.39 is 0 Å². The Kier molecular flexibility index (Phi) is 5.74. The Balaban J connectivity index is 1.34. The number of fused-ring (bicyclic) bond motifs is 1. The van der Waals surface area contributed by atoms with E-state index in [1.165, 1.54) is 4.90 Å². The molecule has 166 valence electrons. The van der Waals surface area contributed by atoms with E-state index in [0.717, 1.165) is 34.2 Å². The lowest BCUT2D eigenvalue weighted by atomic mass is 10.0. The predicted molar refractivity (Wildman–Crippen MR) is 128 cm³/mol. The molecule has 3 aromatic rings. The molecular weight excluding hydrogens is 462 g/mol. The first kappa shape index (κ1) is 21.4. The van der Waals surface area contributed by atoms with Crippen LogP contribution in [0.25, 0.3) is 17.2 Å². The maximum absolute atomic E-state index is 12.9. The van der Waals surface area contributed by atoms with Gasteiger partial charge >= 0.3 is 0 Å². The Morgan fingerprint density at radius 1 is 1.03 bits per heavy atom. The quantitative estimate of drug-likeness (QED) is 0.419. The van der Waals surface area contributed by atoms with Crippen molar-refractivity contribution in [3.8, 4) is 28.4 Å². The second kappa shape index (κ2) is 8.84. The lowest BCUT2D eigenvalue weighted by Crippen LogP contribution is -2.27. The van der Waals surface area contributed by atoms with Crippen molar-refractivity contribution in [2.24, 2.45) is 0 Å². The molecule has 0 radical (unpaired) electrons. The summed E-state index contributed by atoms with van der Waals surface area (Å²) in [5, 5.41) is 0.0726. The van der Waals surface area contributed by atoms with Crippen molar-refractivity contribution in [1.82, 2.24) is 4.90 Å². The summed E-state index contributed by atoms with van der Waals surface area (Å²) >= 11 is 7.23. The number of hydrogen-bond acceptors (Lipinski definition) is 6. The molecule has 0 saturated carbocycles. The lowest BCUT2D eigenvalue weighted by molar-refractivity contribution is -0.123. The molecule has 2 aliphatic rings. The molecule has 8 heteroatoms. The van der Waals surface area contributed by atoms with Gasteiger partial charge in [0.2, 0.25) is 6.79 Å². The summed E-state index contributed by atoms with van der Waals surface area (Å²) in [7, 11) is 1.63. The molecule has 3 aromatic carbocycles. The van der Waals surface area contributed by atoms with Crippen LogP contribution in [0, 0.1) is 0 Å². The van der Waals surface area contributed by atoms with Gasteiger partial charge in [0.15, 0.2) is 11.5 Å². The molecule has 6 nitrogen and oxygen atoms in total. The smallest absolute Gasteiger partial charge is 0.293 e. The largest absolute Gasteiger partial charge is 0.497 e. The highest BCUT2D eigenvalue weighted by Crippen LogP contribution is 2.39. The summed E-state index contributed by atoms with van der Waals surface area (Å²) in [4.78, 5) is 27.0. The molecule has 0 aromatic heterocycles. The van der Waals surface area contributed by atoms with Crippen LogP contribution in [0.1, 0.15) is 11.1 Å². The Bertz CT molecular complexity index is 1290. The fraction of sp³-hybridized carbons (Fsp3) is 0.120. The van der Waals surface area contributed by atoms with Crippen LogP contribution in [0.2, 0.25) is 5.02 Å². The van der Waals surface area contributed by atoms with Gasteiger partial charge in [-0.25, -0.2) is 0 Å². The highest BCUT2D eigenvalue weighted by molar-refractivity contribution is 8.18. The summed E-state index contributed by atoms with van der Waals surface area (Å²) in [6.07, 6.45) is 1.72. The molecule has 33 heavy (non-hydrogen) atoms. The van der Waals surface area contributed by atoms with E-state index in [1.54, 1.807) is 25.3 Å². The molecule has 0 N–H and O–H groups in total. The van der Waals surface area contributed by atoms with Crippen molar-refractivity contribution >= 4 is 40.6 Å². The molecule has 0 bridgehead atoms. The molecule has 2 amide bonds. The van der Waals surface area contributed by atoms with Gasteiger partial charge in [0, 0.05) is 11.1 Å². The second-order valence-electron chi connectivity index (χ2n) is 7.42. The van der Waals surface area contributed by atoms with Crippen LogP contribution in [-0.4, -0.2) is 29.9 Å². The molecule has 2 heterocycles. The van der Waals surface area contributed by atoms with Crippen LogP contribution in [0.15, 0.2) is 65.6 Å². The topological polar surface area (TPSA) is 65.1 Å². The van der Waals surface area contributed by atoms with Gasteiger partial charge in [0.1, 0.15) is 5.75 Å². The van der Waals surface area contributed by atoms with Crippen molar-refractivity contribution in [2.45, 2.75) is 6.54 Å². The van der Waals surface area contributed by atoms with Gasteiger partial charge in [0.05, 0.1) is 18.6 Å². The van der Waals surface area contributed by atoms with E-state index >= 15 is 0 Å². The number of imide groups is 1. The van der Waals surface area contributed by atoms with E-state index in [0.29, 0.717) is 27.0 Å². The molecule has 0 unspecified atom stereocenters. The van der Waals surface area contributed by atoms with E-state index in [9.17, 15) is 9.59 Å². The Hall–Kier alpha value is -3.42. The number of amides is 2. The van der Waals surface area contributed by atoms with E-state index in [1.807, 2.05) is 48.5 Å². The predicted octanol–water partition coefficient (Wildman–Crippen LogP) is 5.98. The van der Waals surface area contributed by atoms with Gasteiger partial charge in [0.25, 0.3) is 11.1 Å². The van der Waals surface area contributed by atoms with Crippen LogP contribution >= 0.6 is 23.4 Å². The van der Waals surface area contributed by atoms with Crippen molar-refractivity contribution in [3.05, 3.63) is 81.7 Å². The first-order chi connectivity index (χ1) is 16.0. The average Bonchev–Trinajstić information content (AvgIpc) is 3.38. The van der Waals surface area contributed by atoms with Crippen molar-refractivity contribution in [2.75, 3.05) is 13.9 Å². The van der Waals surface area contributed by atoms with Gasteiger partial charge in [-0.3, -0.25) is 14.5 Å². The maximum Gasteiger partial charge on any atom is 0.293 e. The number of hydrogen-bond donors (Lipinski definition) is 0. The number of thioether (sulfide) groups is 1. The maximum atomic E-state index is 12.9. The van der Waals surface area contributed by atoms with Crippen LogP contribution < -0.4 is 14.2 Å². The highest BCUT2D eigenvalue weighted by Gasteiger charge is 2.35. The second-order valence-corrected chi connectivity index (χ2v) is 8.82. The highest BCUT2D eigenvalue weighted by atomic mass is 35.5. The molecule has 2 aliphatic heterocycles. The molecule has 1 saturated heterocycles. The summed E-state index contributed by atoms with van der Waals surface area (Å²) in [5.74, 6) is 1.53. The zero-order valence-electron chi connectivity index (χ0n) is 17.5. The van der Waals surface area contributed by atoms with Gasteiger partial charge in [-0.05, 0) is 58.3 Å². The summed E-state index contributed by atoms with van der Waals surface area (Å²) in [6, 6.07) is 18.9. The van der Waals surface area contributed by atoms with Crippen molar-refractivity contribution < 1.29 is 23.8 Å². The first-order valence-corrected chi connectivity index (χ1v) is 11.3. The summed E-state index contributed by atoms with van der Waals surface area (Å²) < 4.78 is 16.0. The number of rotatable bonds is 5. The SMILES string of the molecule is COc1cccc(-c2ccc(/C=C3\SC(=O)N(Cc4cc5c(cc4Cl)OCO5)C3=O)cc2)c1. The normalized spacial score (nSPS) is 16.1. The van der Waals surface area contributed by atoms with Crippen LogP contribution in [-0.2, 0) is 11.3 Å². The third-order valence-electron chi connectivity index (χ3n) is 5.36. The number of halogens is 1. The molecule has 0 spiro atoms. The monoisotopic (exact) mass is 479 g/mol. The minimum Gasteiger partial charge on any atom is -0.497 e. The standard InChI is InChI=1S/C25H18ClNO5S/c1-30-19-4-2-3-17(10-19)16-7-5-15(6-8-16)9-23-24(28)27(25(29)33-23)13-18-11-21-22(12-20(18)26)32-14-31-21/h2-12H,13-14H2,1H3/b23-9-. The van der Waals surface area contributed by atoms with Crippen molar-refractivity contribution in [3.63, 3.8) is 0 Å².